The van der Waals surface area contributed by atoms with Crippen LogP contribution in [0.15, 0.2) is 170 Å². The Morgan fingerprint density at radius 3 is 0.933 bits per heavy atom. The van der Waals surface area contributed by atoms with E-state index in [2.05, 4.69) is 41.2 Å². The molecule has 0 radical (unpaired) electrons. The van der Waals surface area contributed by atoms with Gasteiger partial charge in [-0.2, -0.15) is 52.7 Å². The number of aliphatic hydroxyl groups excluding tert-OH is 4. The normalized spacial score (nSPS) is 15.8. The van der Waals surface area contributed by atoms with Gasteiger partial charge in [-0.25, -0.2) is 19.9 Å². The first-order chi connectivity index (χ1) is 64.2. The quantitative estimate of drug-likeness (QED) is 0.0254. The average molecular weight is 1890 g/mol. The van der Waals surface area contributed by atoms with E-state index in [0.717, 1.165) is 120 Å². The number of hydrogen-bond donors (Lipinski definition) is 9. The molecule has 2 atom stereocenters. The van der Waals surface area contributed by atoms with Crippen LogP contribution in [0.2, 0.25) is 0 Å². The second kappa shape index (κ2) is 42.6. The second-order valence-corrected chi connectivity index (χ2v) is 33.3. The lowest BCUT2D eigenvalue weighted by Crippen LogP contribution is -2.46. The lowest BCUT2D eigenvalue weighted by molar-refractivity contribution is -0.184. The molecule has 716 valence electrons. The first-order valence-electron chi connectivity index (χ1n) is 43.7. The van der Waals surface area contributed by atoms with Gasteiger partial charge in [-0.05, 0) is 207 Å². The van der Waals surface area contributed by atoms with E-state index in [1.165, 1.54) is 48.5 Å². The summed E-state index contributed by atoms with van der Waals surface area (Å²) in [6.45, 7) is 10.3. The van der Waals surface area contributed by atoms with E-state index >= 15 is 0 Å². The van der Waals surface area contributed by atoms with E-state index < -0.39 is 76.2 Å². The van der Waals surface area contributed by atoms with Gasteiger partial charge in [0.2, 0.25) is 41.5 Å². The number of carbonyl (C=O) groups excluding carboxylic acids is 7. The number of hydrogen-bond acceptors (Lipinski definition) is 17. The minimum absolute atomic E-state index is 0.0384. The van der Waals surface area contributed by atoms with Gasteiger partial charge in [0.25, 0.3) is 23.6 Å². The highest BCUT2D eigenvalue weighted by Crippen LogP contribution is 2.40. The Bertz CT molecular complexity index is 6310. The van der Waals surface area contributed by atoms with Gasteiger partial charge in [0, 0.05) is 147 Å². The number of nitrogens with one attached hydrogen (secondary N) is 4. The summed E-state index contributed by atoms with van der Waals surface area (Å²) in [5.41, 5.74) is 3.75. The topological polar surface area (TPSA) is 359 Å². The molecule has 0 aliphatic carbocycles. The second-order valence-electron chi connectivity index (χ2n) is 33.3. The molecule has 4 fully saturated rings. The zero-order chi connectivity index (χ0) is 97.0. The summed E-state index contributed by atoms with van der Waals surface area (Å²) < 4.78 is 168. The molecule has 40 heteroatoms. The molecule has 8 heterocycles. The average Bonchev–Trinajstić information content (AvgIpc) is 1.63. The van der Waals surface area contributed by atoms with Crippen molar-refractivity contribution in [2.24, 2.45) is 0 Å². The molecule has 2 unspecified atom stereocenters. The number of ether oxygens (including phenoxy) is 1. The molecule has 135 heavy (non-hydrogen) atoms. The summed E-state index contributed by atoms with van der Waals surface area (Å²) in [6, 6.07) is 39.4. The monoisotopic (exact) mass is 1890 g/mol. The van der Waals surface area contributed by atoms with Crippen LogP contribution < -0.4 is 21.3 Å². The van der Waals surface area contributed by atoms with Crippen LogP contribution in [0.25, 0.3) is 44.1 Å². The Morgan fingerprint density at radius 1 is 0.363 bits per heavy atom. The van der Waals surface area contributed by atoms with Crippen molar-refractivity contribution in [3.63, 3.8) is 0 Å². The third-order valence-electron chi connectivity index (χ3n) is 24.0. The SMILES string of the molecule is CC(=O)N1CCC(c2ccc3c(c2)nc(NC(=O)c2cccc(C(F)(F)F)c2)n3CCCO)C1.CC(=O)N1CCC(c2ccc3c(c2)nc(NC(=O)c2cccc(C(F)(F)F)c2)n3CCCO)CC1.CC(=O)N1CCCC(c2ccc3c(c2)nc(NC(=O)c2cccc(C(F)(F)F)c2)n3CCCO)C1.O=C(Nc1nc2cc(C3(O)COC3)ccc2n1CCCO)c1cccc(C(F)(F)F)c1. The van der Waals surface area contributed by atoms with E-state index in [1.54, 1.807) is 62.1 Å². The third kappa shape index (κ3) is 24.2. The number of aromatic nitrogens is 8. The van der Waals surface area contributed by atoms with Gasteiger partial charge in [-0.1, -0.05) is 48.5 Å². The number of fused-ring (bicyclic) bond motifs is 4. The Balaban J connectivity index is 0.000000153. The van der Waals surface area contributed by atoms with Crippen LogP contribution >= 0.6 is 0 Å². The summed E-state index contributed by atoms with van der Waals surface area (Å²) in [5.74, 6) is -1.33. The van der Waals surface area contributed by atoms with Gasteiger partial charge in [-0.15, -0.1) is 0 Å². The molecule has 4 saturated heterocycles. The van der Waals surface area contributed by atoms with Gasteiger partial charge in [0.1, 0.15) is 5.60 Å². The van der Waals surface area contributed by atoms with Gasteiger partial charge in [0.15, 0.2) is 0 Å². The predicted molar refractivity (Wildman–Crippen MR) is 476 cm³/mol. The molecule has 0 bridgehead atoms. The number of halogens is 12. The number of carbonyl (C=O) groups is 7. The summed E-state index contributed by atoms with van der Waals surface area (Å²) in [4.78, 5) is 110. The minimum atomic E-state index is -4.56. The van der Waals surface area contributed by atoms with Gasteiger partial charge in [0.05, 0.1) is 79.6 Å². The Labute approximate surface area is 764 Å². The number of imidazole rings is 4. The fraction of sp³-hybridized carbons (Fsp3) is 0.379. The zero-order valence-corrected chi connectivity index (χ0v) is 73.5. The molecule has 0 spiro atoms. The number of anilines is 4. The highest BCUT2D eigenvalue weighted by Gasteiger charge is 2.40. The highest BCUT2D eigenvalue weighted by molar-refractivity contribution is 6.07. The predicted octanol–water partition coefficient (Wildman–Crippen LogP) is 15.8. The number of piperidine rings is 2. The number of rotatable bonds is 24. The fourth-order valence-corrected chi connectivity index (χ4v) is 16.7. The summed E-state index contributed by atoms with van der Waals surface area (Å²) in [7, 11) is 0. The number of amides is 7. The van der Waals surface area contributed by atoms with E-state index in [0.29, 0.717) is 118 Å². The fourth-order valence-electron chi connectivity index (χ4n) is 16.7. The molecule has 4 aliphatic rings. The molecule has 28 nitrogen and oxygen atoms in total. The van der Waals surface area contributed by atoms with Gasteiger partial charge >= 0.3 is 24.7 Å². The maximum atomic E-state index is 13.1. The van der Waals surface area contributed by atoms with E-state index in [1.807, 2.05) is 64.4 Å². The number of aliphatic hydroxyl groups is 5. The van der Waals surface area contributed by atoms with E-state index in [4.69, 9.17) is 4.74 Å². The summed E-state index contributed by atoms with van der Waals surface area (Å²) >= 11 is 0. The molecule has 0 saturated carbocycles. The van der Waals surface area contributed by atoms with Crippen molar-refractivity contribution in [2.75, 3.05) is 100 Å². The number of benzene rings is 8. The van der Waals surface area contributed by atoms with Crippen molar-refractivity contribution in [3.8, 4) is 0 Å². The van der Waals surface area contributed by atoms with Crippen molar-refractivity contribution in [3.05, 3.63) is 237 Å². The smallest absolute Gasteiger partial charge is 0.396 e. The van der Waals surface area contributed by atoms with Crippen LogP contribution in [0.4, 0.5) is 76.5 Å². The largest absolute Gasteiger partial charge is 0.416 e. The number of aryl methyl sites for hydroxylation is 4. The molecular formula is C95H99F12N15O13. The minimum Gasteiger partial charge on any atom is -0.396 e. The molecule has 8 aromatic carbocycles. The lowest BCUT2D eigenvalue weighted by atomic mass is 9.89. The number of alkyl halides is 12. The molecular weight excluding hydrogens is 1790 g/mol. The van der Waals surface area contributed by atoms with Crippen molar-refractivity contribution in [1.82, 2.24) is 52.9 Å². The third-order valence-corrected chi connectivity index (χ3v) is 24.0. The lowest BCUT2D eigenvalue weighted by Gasteiger charge is -2.36. The van der Waals surface area contributed by atoms with Crippen molar-refractivity contribution in [1.29, 1.82) is 0 Å². The van der Waals surface area contributed by atoms with E-state index in [-0.39, 0.29) is 121 Å². The summed E-state index contributed by atoms with van der Waals surface area (Å²) in [6.07, 6.45) is -12.2. The molecule has 4 aliphatic heterocycles. The van der Waals surface area contributed by atoms with Crippen molar-refractivity contribution >= 4 is 109 Å². The molecule has 4 aromatic heterocycles. The van der Waals surface area contributed by atoms with Crippen molar-refractivity contribution in [2.45, 2.75) is 153 Å². The Morgan fingerprint density at radius 2 is 0.644 bits per heavy atom. The van der Waals surface area contributed by atoms with Crippen LogP contribution in [0.3, 0.4) is 0 Å². The maximum absolute atomic E-state index is 13.1. The Kier molecular flexibility index (Phi) is 31.3. The van der Waals surface area contributed by atoms with Gasteiger partial charge in [-0.3, -0.25) is 54.8 Å². The molecule has 9 N–H and O–H groups in total. The number of likely N-dealkylation sites (tertiary alicyclic amines) is 3. The standard InChI is InChI=1S/2C25H27F3N4O3.C24H25F3N4O3.C21H20F3N3O4/c1-16(34)31-10-3-6-19(15-31)17-8-9-22-21(14-17)29-24(32(22)11-4-12-33)30-23(35)18-5-2-7-20(13-18)25(26,27)28;1-16(34)31-11-8-17(9-12-31)18-6-7-22-21(15-18)29-24(32(22)10-3-13-33)30-23(35)19-4-2-5-20(14-19)25(26,27)28;1-15(33)30-10-8-18(14-30)16-6-7-21-20(13-16)28-23(31(21)9-3-11-32)29-22(34)17-4-2-5-19(12-17)24(25,26)27;22-21(23,24)15-4-1-3-13(9-15)18(29)26-19-25-16-10-14(20(30)11-31-12-20)5-6-17(16)27(19)7-2-8-28/h2,5,7-9,13-14,19,33H,3-4,6,10-12,15H2,1H3,(H,29,30,35);2,4-7,14-15,17,33H,3,8-13H2,1H3,(H,29,30,35);2,4-7,12-13,18,32H,3,8-11,14H2,1H3,(H,28,29,34);1,3-6,9-10,28,30H,2,7-8,11-12H2,(H,25,26,29). The summed E-state index contributed by atoms with van der Waals surface area (Å²) in [5, 5.41) is 58.1. The van der Waals surface area contributed by atoms with E-state index in [9.17, 15) is 112 Å². The first-order valence-corrected chi connectivity index (χ1v) is 43.7. The van der Waals surface area contributed by atoms with Crippen LogP contribution in [0.5, 0.6) is 0 Å². The highest BCUT2D eigenvalue weighted by atomic mass is 19.4. The maximum Gasteiger partial charge on any atom is 0.416 e. The van der Waals surface area contributed by atoms with Gasteiger partial charge < -0.3 is 63.2 Å². The number of nitrogens with zero attached hydrogens (tertiary/aromatic N) is 11. The first kappa shape index (κ1) is 99.3. The Hall–Kier alpha value is -13.2. The van der Waals surface area contributed by atoms with Crippen molar-refractivity contribution < 1.29 is 117 Å². The van der Waals surface area contributed by atoms with Crippen LogP contribution in [-0.2, 0) is 75.6 Å². The van der Waals surface area contributed by atoms with Crippen LogP contribution in [-0.4, -0.2) is 199 Å². The van der Waals surface area contributed by atoms with Crippen LogP contribution in [0.1, 0.15) is 182 Å². The van der Waals surface area contributed by atoms with Crippen LogP contribution in [0, 0.1) is 0 Å². The zero-order valence-electron chi connectivity index (χ0n) is 73.5. The molecule has 7 amide bonds. The molecule has 16 rings (SSSR count). The molecule has 12 aromatic rings.